The Kier molecular flexibility index (Phi) is 2.79. The van der Waals surface area contributed by atoms with Crippen molar-refractivity contribution in [3.8, 4) is 0 Å². The Hall–Kier alpha value is -1.87. The van der Waals surface area contributed by atoms with Crippen LogP contribution >= 0.6 is 0 Å². The zero-order valence-electron chi connectivity index (χ0n) is 12.0. The molecule has 0 radical (unpaired) electrons. The molecule has 1 amide bonds. The summed E-state index contributed by atoms with van der Waals surface area (Å²) in [6.07, 6.45) is 4.88. The fourth-order valence-corrected chi connectivity index (χ4v) is 3.80. The lowest BCUT2D eigenvalue weighted by molar-refractivity contribution is 0.0111. The molecule has 3 heteroatoms. The molecule has 2 aliphatic rings. The van der Waals surface area contributed by atoms with E-state index in [0.29, 0.717) is 6.54 Å². The average molecular weight is 281 g/mol. The summed E-state index contributed by atoms with van der Waals surface area (Å²) < 4.78 is 0. The normalized spacial score (nSPS) is 20.2. The third-order valence-electron chi connectivity index (χ3n) is 4.89. The van der Waals surface area contributed by atoms with Gasteiger partial charge in [-0.1, -0.05) is 43.5 Å². The van der Waals surface area contributed by atoms with Crippen molar-refractivity contribution >= 4 is 22.4 Å². The van der Waals surface area contributed by atoms with Crippen LogP contribution in [0.15, 0.2) is 36.4 Å². The number of rotatable bonds is 2. The molecule has 0 bridgehead atoms. The predicted octanol–water partition coefficient (Wildman–Crippen LogP) is 3.50. The van der Waals surface area contributed by atoms with Gasteiger partial charge in [0.2, 0.25) is 0 Å². The van der Waals surface area contributed by atoms with Gasteiger partial charge in [0.25, 0.3) is 5.91 Å². The Balaban J connectivity index is 1.75. The highest BCUT2D eigenvalue weighted by atomic mass is 16.3. The molecule has 1 aliphatic carbocycles. The van der Waals surface area contributed by atoms with Gasteiger partial charge in [-0.2, -0.15) is 0 Å². The molecule has 2 aromatic rings. The van der Waals surface area contributed by atoms with Crippen LogP contribution in [0.3, 0.4) is 0 Å². The van der Waals surface area contributed by atoms with E-state index in [4.69, 9.17) is 0 Å². The smallest absolute Gasteiger partial charge is 0.259 e. The highest BCUT2D eigenvalue weighted by Gasteiger charge is 2.37. The van der Waals surface area contributed by atoms with E-state index >= 15 is 0 Å². The van der Waals surface area contributed by atoms with Gasteiger partial charge in [-0.3, -0.25) is 4.79 Å². The van der Waals surface area contributed by atoms with E-state index in [1.165, 1.54) is 6.42 Å². The average Bonchev–Trinajstić information content (AvgIpc) is 2.76. The largest absolute Gasteiger partial charge is 0.388 e. The van der Waals surface area contributed by atoms with Gasteiger partial charge >= 0.3 is 0 Å². The maximum atomic E-state index is 12.7. The molecule has 2 aromatic carbocycles. The van der Waals surface area contributed by atoms with Crippen LogP contribution in [-0.2, 0) is 0 Å². The molecule has 0 spiro atoms. The minimum Gasteiger partial charge on any atom is -0.388 e. The summed E-state index contributed by atoms with van der Waals surface area (Å²) in [4.78, 5) is 14.5. The van der Waals surface area contributed by atoms with Crippen molar-refractivity contribution in [2.24, 2.45) is 0 Å². The molecule has 0 atom stereocenters. The second kappa shape index (κ2) is 4.57. The highest BCUT2D eigenvalue weighted by Crippen LogP contribution is 2.39. The molecule has 1 fully saturated rings. The lowest BCUT2D eigenvalue weighted by Crippen LogP contribution is -2.45. The maximum Gasteiger partial charge on any atom is 0.259 e. The number of nitrogens with zero attached hydrogens (tertiary/aromatic N) is 1. The maximum absolute atomic E-state index is 12.7. The summed E-state index contributed by atoms with van der Waals surface area (Å²) in [7, 11) is 0. The van der Waals surface area contributed by atoms with Crippen molar-refractivity contribution in [3.63, 3.8) is 0 Å². The number of carbonyl (C=O) groups excluding carboxylic acids is 1. The third kappa shape index (κ3) is 1.95. The number of carbonyl (C=O) groups is 1. The van der Waals surface area contributed by atoms with Crippen molar-refractivity contribution in [1.82, 2.24) is 0 Å². The van der Waals surface area contributed by atoms with Crippen LogP contribution in [0, 0.1) is 0 Å². The first-order valence-electron chi connectivity index (χ1n) is 7.74. The Morgan fingerprint density at radius 3 is 2.52 bits per heavy atom. The lowest BCUT2D eigenvalue weighted by Gasteiger charge is -2.35. The Bertz CT molecular complexity index is 711. The number of hydrogen-bond donors (Lipinski definition) is 1. The molecule has 0 unspecified atom stereocenters. The minimum atomic E-state index is -0.724. The van der Waals surface area contributed by atoms with E-state index in [-0.39, 0.29) is 5.91 Å². The summed E-state index contributed by atoms with van der Waals surface area (Å²) in [5.41, 5.74) is 0.993. The monoisotopic (exact) mass is 281 g/mol. The van der Waals surface area contributed by atoms with Crippen LogP contribution in [0.2, 0.25) is 0 Å². The summed E-state index contributed by atoms with van der Waals surface area (Å²) in [5.74, 6) is 0.0285. The molecule has 108 valence electrons. The second-order valence-electron chi connectivity index (χ2n) is 6.36. The predicted molar refractivity (Wildman–Crippen MR) is 83.7 cm³/mol. The summed E-state index contributed by atoms with van der Waals surface area (Å²) in [5, 5.41) is 12.9. The standard InChI is InChI=1S/C18H19NO2/c20-17-14-8-4-6-13-7-5-9-15(16(13)14)19(17)12-18(21)10-2-1-3-11-18/h4-9,21H,1-3,10-12H2. The van der Waals surface area contributed by atoms with Crippen molar-refractivity contribution in [2.45, 2.75) is 37.7 Å². The van der Waals surface area contributed by atoms with Gasteiger partial charge in [0.05, 0.1) is 17.8 Å². The van der Waals surface area contributed by atoms with Crippen molar-refractivity contribution in [2.75, 3.05) is 11.4 Å². The highest BCUT2D eigenvalue weighted by molar-refractivity contribution is 6.25. The van der Waals surface area contributed by atoms with Crippen molar-refractivity contribution < 1.29 is 9.90 Å². The van der Waals surface area contributed by atoms with Gasteiger partial charge in [-0.15, -0.1) is 0 Å². The lowest BCUT2D eigenvalue weighted by atomic mass is 9.84. The van der Waals surface area contributed by atoms with Crippen LogP contribution in [0.5, 0.6) is 0 Å². The Morgan fingerprint density at radius 2 is 1.76 bits per heavy atom. The van der Waals surface area contributed by atoms with E-state index in [0.717, 1.165) is 47.7 Å². The van der Waals surface area contributed by atoms with Crippen molar-refractivity contribution in [1.29, 1.82) is 0 Å². The van der Waals surface area contributed by atoms with Crippen LogP contribution in [-0.4, -0.2) is 23.2 Å². The van der Waals surface area contributed by atoms with Crippen LogP contribution in [0.4, 0.5) is 5.69 Å². The molecular formula is C18H19NO2. The van der Waals surface area contributed by atoms with Crippen LogP contribution < -0.4 is 4.90 Å². The van der Waals surface area contributed by atoms with E-state index in [9.17, 15) is 9.90 Å². The fourth-order valence-electron chi connectivity index (χ4n) is 3.80. The van der Waals surface area contributed by atoms with E-state index < -0.39 is 5.60 Å². The van der Waals surface area contributed by atoms with Crippen molar-refractivity contribution in [3.05, 3.63) is 42.0 Å². The zero-order chi connectivity index (χ0) is 14.4. The topological polar surface area (TPSA) is 40.5 Å². The molecule has 1 aliphatic heterocycles. The van der Waals surface area contributed by atoms with Gasteiger partial charge in [0.15, 0.2) is 0 Å². The fraction of sp³-hybridized carbons (Fsp3) is 0.389. The van der Waals surface area contributed by atoms with Crippen LogP contribution in [0.1, 0.15) is 42.5 Å². The van der Waals surface area contributed by atoms with Gasteiger partial charge in [0, 0.05) is 10.9 Å². The molecule has 0 saturated heterocycles. The number of β-amino-alcohol motifs (C(OH)–C–C–N with tert-alkyl or cyclic N) is 1. The number of anilines is 1. The van der Waals surface area contributed by atoms with E-state index in [1.807, 2.05) is 36.4 Å². The number of hydrogen-bond acceptors (Lipinski definition) is 2. The van der Waals surface area contributed by atoms with Gasteiger partial charge < -0.3 is 10.0 Å². The summed E-state index contributed by atoms with van der Waals surface area (Å²) in [6, 6.07) is 11.9. The molecule has 1 N–H and O–H groups in total. The molecular weight excluding hydrogens is 262 g/mol. The Morgan fingerprint density at radius 1 is 1.05 bits per heavy atom. The summed E-state index contributed by atoms with van der Waals surface area (Å²) >= 11 is 0. The molecule has 0 aromatic heterocycles. The first-order chi connectivity index (χ1) is 10.2. The minimum absolute atomic E-state index is 0.0285. The molecule has 4 rings (SSSR count). The first kappa shape index (κ1) is 12.8. The second-order valence-corrected chi connectivity index (χ2v) is 6.36. The first-order valence-corrected chi connectivity index (χ1v) is 7.74. The summed E-state index contributed by atoms with van der Waals surface area (Å²) in [6.45, 7) is 0.416. The number of aliphatic hydroxyl groups is 1. The van der Waals surface area contributed by atoms with Gasteiger partial charge in [-0.25, -0.2) is 0 Å². The van der Waals surface area contributed by atoms with Crippen LogP contribution in [0.25, 0.3) is 10.8 Å². The molecule has 1 heterocycles. The number of benzene rings is 2. The number of amides is 1. The van der Waals surface area contributed by atoms with E-state index in [1.54, 1.807) is 4.90 Å². The quantitative estimate of drug-likeness (QED) is 0.915. The zero-order valence-corrected chi connectivity index (χ0v) is 12.0. The van der Waals surface area contributed by atoms with E-state index in [2.05, 4.69) is 0 Å². The SMILES string of the molecule is O=C1c2cccc3cccc(c23)N1CC1(O)CCCCC1. The van der Waals surface area contributed by atoms with Gasteiger partial charge in [0.1, 0.15) is 0 Å². The molecule has 3 nitrogen and oxygen atoms in total. The third-order valence-corrected chi connectivity index (χ3v) is 4.89. The molecule has 21 heavy (non-hydrogen) atoms. The van der Waals surface area contributed by atoms with Gasteiger partial charge in [-0.05, 0) is 30.4 Å². The Labute approximate surface area is 124 Å². The molecule has 1 saturated carbocycles.